The average molecular weight is 1710 g/mol. The first kappa shape index (κ1) is 90.6. The molecule has 0 radical (unpaired) electrons. The molecule has 0 unspecified atom stereocenters. The van der Waals surface area contributed by atoms with E-state index in [-0.39, 0.29) is 54.1 Å². The van der Waals surface area contributed by atoms with Gasteiger partial charge in [-0.05, 0) is 266 Å². The van der Waals surface area contributed by atoms with Crippen LogP contribution in [0.5, 0.6) is 0 Å². The Bertz CT molecular complexity index is 6250. The molecule has 0 N–H and O–H groups in total. The molecular formula is C123H136BrN. The first-order valence-electron chi connectivity index (χ1n) is 45.6. The zero-order valence-electron chi connectivity index (χ0n) is 80.4. The van der Waals surface area contributed by atoms with E-state index < -0.39 is 0 Å². The van der Waals surface area contributed by atoms with Gasteiger partial charge < -0.3 is 4.90 Å². The Morgan fingerprint density at radius 3 is 0.928 bits per heavy atom. The van der Waals surface area contributed by atoms with Gasteiger partial charge in [0.05, 0.1) is 5.69 Å². The summed E-state index contributed by atoms with van der Waals surface area (Å²) in [4.78, 5) is 2.53. The number of hydrogen-bond donors (Lipinski definition) is 0. The number of anilines is 3. The molecule has 0 aliphatic heterocycles. The minimum absolute atomic E-state index is 0.0193. The number of rotatable bonds is 11. The first-order valence-corrected chi connectivity index (χ1v) is 46.4. The summed E-state index contributed by atoms with van der Waals surface area (Å²) in [5, 5.41) is 0. The highest BCUT2D eigenvalue weighted by Gasteiger charge is 2.38. The summed E-state index contributed by atoms with van der Waals surface area (Å²) in [5.74, 6) is 0. The second-order valence-electron chi connectivity index (χ2n) is 45.1. The van der Waals surface area contributed by atoms with Crippen molar-refractivity contribution in [2.75, 3.05) is 4.90 Å². The van der Waals surface area contributed by atoms with Gasteiger partial charge in [0.25, 0.3) is 0 Å². The van der Waals surface area contributed by atoms with E-state index in [1.807, 2.05) is 0 Å². The van der Waals surface area contributed by atoms with Crippen LogP contribution in [0, 0.1) is 0 Å². The molecule has 1 nitrogen and oxygen atoms in total. The monoisotopic (exact) mass is 1710 g/mol. The summed E-state index contributed by atoms with van der Waals surface area (Å²) in [5.41, 5.74) is 43.4. The Labute approximate surface area is 761 Å². The van der Waals surface area contributed by atoms with E-state index in [1.54, 1.807) is 0 Å². The molecular weight excluding hydrogens is 1570 g/mol. The minimum atomic E-state index is -0.133. The van der Waals surface area contributed by atoms with Crippen LogP contribution in [0.3, 0.4) is 0 Å². The molecule has 14 aromatic carbocycles. The molecule has 16 rings (SSSR count). The molecule has 0 heterocycles. The molecule has 0 fully saturated rings. The molecule has 640 valence electrons. The fraction of sp³-hybridized carbons (Fsp3) is 0.317. The van der Waals surface area contributed by atoms with Crippen LogP contribution in [0.2, 0.25) is 0 Å². The summed E-state index contributed by atoms with van der Waals surface area (Å²) >= 11 is 3.79. The minimum Gasteiger partial charge on any atom is -0.310 e. The largest absolute Gasteiger partial charge is 0.310 e. The van der Waals surface area contributed by atoms with Crippen LogP contribution in [-0.2, 0) is 60.6 Å². The van der Waals surface area contributed by atoms with Crippen LogP contribution in [0.15, 0.2) is 308 Å². The van der Waals surface area contributed by atoms with E-state index in [0.29, 0.717) is 0 Å². The second-order valence-corrected chi connectivity index (χ2v) is 46.0. The Morgan fingerprint density at radius 1 is 0.216 bits per heavy atom. The molecule has 0 bridgehead atoms. The first-order chi connectivity index (χ1) is 58.4. The summed E-state index contributed by atoms with van der Waals surface area (Å²) in [6.45, 7) is 65.1. The molecule has 14 aromatic rings. The highest BCUT2D eigenvalue weighted by molar-refractivity contribution is 9.10. The van der Waals surface area contributed by atoms with E-state index in [9.17, 15) is 0 Å². The van der Waals surface area contributed by atoms with Crippen LogP contribution in [0.1, 0.15) is 272 Å². The highest BCUT2D eigenvalue weighted by Crippen LogP contribution is 2.54. The number of para-hydroxylation sites is 1. The molecule has 2 aliphatic rings. The zero-order valence-corrected chi connectivity index (χ0v) is 82.0. The number of benzene rings is 14. The van der Waals surface area contributed by atoms with Gasteiger partial charge in [-0.2, -0.15) is 0 Å². The molecule has 0 amide bonds. The Balaban J connectivity index is 0.000000169. The lowest BCUT2D eigenvalue weighted by Crippen LogP contribution is -2.18. The van der Waals surface area contributed by atoms with Crippen molar-refractivity contribution in [1.29, 1.82) is 0 Å². The SMILES string of the molecule is CC(C)(C)c1cc(-c2cc(N(c3ccc4c(c3)C(C)(C)c3ccccc3-4)c3ccccc3-c3ccccc3)cc(C(C)(C)C)c2)cc(-c2cc(C(C)(C)C)cc(C(C)(C)C)c2)c1.CC(C)(C)c1cc(Br)cc(-c2cc(-c3cc(C(C)(C)C)cc(C(C)(C)C)c3)cc(C(C)(C)C)c2)c1.CC1(C)c2ccccc2-c2ccc(Cc3ccccc3-c3ccccc3)cc21. The number of hydrogen-bond acceptors (Lipinski definition) is 1. The van der Waals surface area contributed by atoms with Gasteiger partial charge >= 0.3 is 0 Å². The van der Waals surface area contributed by atoms with Crippen molar-refractivity contribution in [2.45, 2.75) is 254 Å². The average Bonchev–Trinajstić information content (AvgIpc) is 1.55. The zero-order chi connectivity index (χ0) is 90.3. The Kier molecular flexibility index (Phi) is 24.6. The molecule has 0 saturated heterocycles. The van der Waals surface area contributed by atoms with Gasteiger partial charge in [0.15, 0.2) is 0 Å². The molecule has 2 heteroatoms. The summed E-state index contributed by atoms with van der Waals surface area (Å²) in [7, 11) is 0. The van der Waals surface area contributed by atoms with Crippen molar-refractivity contribution in [3.8, 4) is 89.0 Å². The molecule has 0 spiro atoms. The van der Waals surface area contributed by atoms with E-state index in [1.165, 1.54) is 167 Å². The van der Waals surface area contributed by atoms with Crippen molar-refractivity contribution in [2.24, 2.45) is 0 Å². The molecule has 0 aromatic heterocycles. The van der Waals surface area contributed by atoms with E-state index in [4.69, 9.17) is 0 Å². The van der Waals surface area contributed by atoms with Gasteiger partial charge in [-0.1, -0.05) is 459 Å². The van der Waals surface area contributed by atoms with Gasteiger partial charge in [-0.15, -0.1) is 0 Å². The lowest BCUT2D eigenvalue weighted by Gasteiger charge is -2.32. The van der Waals surface area contributed by atoms with Gasteiger partial charge in [0.1, 0.15) is 0 Å². The standard InChI is InChI=1S/C61H67N.C34H45Br.C28H24/c1-57(2,3)45-31-41(43-33-46(58(4,5)6)37-47(34-43)59(7,8)9)30-42(32-45)44-35-48(60(10,11)12)38-50(36-44)62(56-27-21-19-24-51(56)40-22-16-15-17-23-40)49-28-29-53-52-25-18-20-26-54(52)61(13,14)55(53)39-49;1-31(2,3)26-14-22(24-16-27(32(4,5)6)20-28(17-24)33(7,8)9)13-23(15-26)25-18-29(34(10,11)12)21-30(35)19-25;1-28(2)26-15-9-8-14-24(26)25-17-16-20(19-27(25)28)18-22-12-6-7-13-23(22)21-10-4-3-5-11-21/h15-39H,1-14H3;13-21H,1-12H3;3-17,19H,18H2,1-2H3. The van der Waals surface area contributed by atoms with Crippen LogP contribution in [-0.4, -0.2) is 0 Å². The van der Waals surface area contributed by atoms with Crippen LogP contribution in [0.4, 0.5) is 17.1 Å². The fourth-order valence-corrected chi connectivity index (χ4v) is 18.6. The maximum atomic E-state index is 3.79. The predicted octanol–water partition coefficient (Wildman–Crippen LogP) is 35.9. The van der Waals surface area contributed by atoms with Crippen molar-refractivity contribution < 1.29 is 0 Å². The van der Waals surface area contributed by atoms with Crippen molar-refractivity contribution in [3.05, 3.63) is 386 Å². The normalized spacial score (nSPS) is 13.6. The van der Waals surface area contributed by atoms with Crippen molar-refractivity contribution in [1.82, 2.24) is 0 Å². The quantitative estimate of drug-likeness (QED) is 0.125. The van der Waals surface area contributed by atoms with E-state index in [0.717, 1.165) is 28.0 Å². The topological polar surface area (TPSA) is 3.24 Å². The van der Waals surface area contributed by atoms with E-state index >= 15 is 0 Å². The predicted molar refractivity (Wildman–Crippen MR) is 548 cm³/mol. The Morgan fingerprint density at radius 2 is 0.512 bits per heavy atom. The summed E-state index contributed by atoms with van der Waals surface area (Å²) in [6, 6.07) is 115. The number of nitrogens with zero attached hydrogens (tertiary/aromatic N) is 1. The van der Waals surface area contributed by atoms with Crippen molar-refractivity contribution >= 4 is 33.0 Å². The second kappa shape index (κ2) is 33.9. The molecule has 125 heavy (non-hydrogen) atoms. The van der Waals surface area contributed by atoms with Crippen LogP contribution >= 0.6 is 15.9 Å². The van der Waals surface area contributed by atoms with Crippen LogP contribution < -0.4 is 4.90 Å². The number of halogens is 1. The summed E-state index contributed by atoms with van der Waals surface area (Å²) in [6.07, 6.45) is 0.949. The third-order valence-electron chi connectivity index (χ3n) is 26.3. The summed E-state index contributed by atoms with van der Waals surface area (Å²) < 4.78 is 1.13. The maximum Gasteiger partial charge on any atom is 0.0540 e. The fourth-order valence-electron chi connectivity index (χ4n) is 18.1. The third-order valence-corrected chi connectivity index (χ3v) is 26.7. The van der Waals surface area contributed by atoms with Gasteiger partial charge in [-0.3, -0.25) is 0 Å². The highest BCUT2D eigenvalue weighted by atomic mass is 79.9. The molecule has 2 aliphatic carbocycles. The third kappa shape index (κ3) is 19.7. The molecule has 0 atom stereocenters. The maximum absolute atomic E-state index is 3.79. The van der Waals surface area contributed by atoms with Crippen LogP contribution in [0.25, 0.3) is 89.0 Å². The Hall–Kier alpha value is -10.6. The molecule has 0 saturated carbocycles. The number of fused-ring (bicyclic) bond motifs is 6. The smallest absolute Gasteiger partial charge is 0.0540 e. The van der Waals surface area contributed by atoms with Gasteiger partial charge in [0.2, 0.25) is 0 Å². The van der Waals surface area contributed by atoms with Gasteiger partial charge in [0, 0.05) is 32.2 Å². The van der Waals surface area contributed by atoms with Gasteiger partial charge in [-0.25, -0.2) is 0 Å². The lowest BCUT2D eigenvalue weighted by atomic mass is 9.78. The van der Waals surface area contributed by atoms with Crippen molar-refractivity contribution in [3.63, 3.8) is 0 Å². The lowest BCUT2D eigenvalue weighted by molar-refractivity contribution is 0.568. The van der Waals surface area contributed by atoms with E-state index in [2.05, 4.69) is 518 Å².